The van der Waals surface area contributed by atoms with Gasteiger partial charge >= 0.3 is 0 Å². The van der Waals surface area contributed by atoms with Crippen LogP contribution in [0.4, 0.5) is 5.13 Å². The van der Waals surface area contributed by atoms with Crippen molar-refractivity contribution in [1.82, 2.24) is 19.6 Å². The van der Waals surface area contributed by atoms with Crippen molar-refractivity contribution in [2.45, 2.75) is 31.8 Å². The van der Waals surface area contributed by atoms with E-state index in [4.69, 9.17) is 0 Å². The Morgan fingerprint density at radius 1 is 1.38 bits per heavy atom. The van der Waals surface area contributed by atoms with Gasteiger partial charge in [0.05, 0.1) is 18.0 Å². The molecular weight excluding hydrogens is 322 g/mol. The minimum absolute atomic E-state index is 0.178. The van der Waals surface area contributed by atoms with Crippen molar-refractivity contribution in [3.8, 4) is 11.3 Å². The molecule has 24 heavy (non-hydrogen) atoms. The van der Waals surface area contributed by atoms with E-state index in [1.807, 2.05) is 36.1 Å². The first kappa shape index (κ1) is 15.5. The predicted octanol–water partition coefficient (Wildman–Crippen LogP) is 2.84. The molecule has 6 nitrogen and oxygen atoms in total. The summed E-state index contributed by atoms with van der Waals surface area (Å²) in [7, 11) is 2.04. The monoisotopic (exact) mass is 343 g/mol. The number of hydrogen-bond acceptors (Lipinski definition) is 6. The topological polar surface area (TPSA) is 66.5 Å². The first-order chi connectivity index (χ1) is 11.7. The number of hydrogen-bond donors (Lipinski definition) is 1. The number of nitrogens with zero attached hydrogens (tertiary/aromatic N) is 5. The summed E-state index contributed by atoms with van der Waals surface area (Å²) in [6.45, 7) is 0.841. The molecule has 0 radical (unpaired) electrons. The number of fused-ring (bicyclic) bond motifs is 1. The highest BCUT2D eigenvalue weighted by atomic mass is 32.1. The Balaban J connectivity index is 1.52. The Morgan fingerprint density at radius 2 is 2.25 bits per heavy atom. The number of anilines is 1. The van der Waals surface area contributed by atoms with Gasteiger partial charge in [-0.05, 0) is 25.0 Å². The van der Waals surface area contributed by atoms with Gasteiger partial charge in [-0.25, -0.2) is 9.50 Å². The number of imidazole rings is 1. The van der Waals surface area contributed by atoms with Gasteiger partial charge in [0.1, 0.15) is 0 Å². The van der Waals surface area contributed by atoms with E-state index in [1.54, 1.807) is 17.5 Å². The summed E-state index contributed by atoms with van der Waals surface area (Å²) in [5.74, 6) is 0.339. The smallest absolute Gasteiger partial charge is 0.214 e. The molecule has 3 heterocycles. The SMILES string of the molecule is CN(CC1CCCCC1O)c1nn2cc(-c3cccnc3)nc2s1. The maximum absolute atomic E-state index is 10.2. The van der Waals surface area contributed by atoms with Crippen molar-refractivity contribution in [3.63, 3.8) is 0 Å². The summed E-state index contributed by atoms with van der Waals surface area (Å²) < 4.78 is 1.83. The zero-order valence-electron chi connectivity index (χ0n) is 13.7. The lowest BCUT2D eigenvalue weighted by atomic mass is 9.86. The van der Waals surface area contributed by atoms with Crippen LogP contribution in [0, 0.1) is 5.92 Å². The lowest BCUT2D eigenvalue weighted by Gasteiger charge is -2.30. The molecule has 0 amide bonds. The lowest BCUT2D eigenvalue weighted by Crippen LogP contribution is -2.35. The molecule has 0 saturated heterocycles. The molecule has 2 atom stereocenters. The summed E-state index contributed by atoms with van der Waals surface area (Å²) in [4.78, 5) is 11.8. The molecule has 3 aromatic rings. The van der Waals surface area contributed by atoms with Gasteiger partial charge < -0.3 is 10.0 Å². The van der Waals surface area contributed by atoms with Gasteiger partial charge in [-0.15, -0.1) is 5.10 Å². The fraction of sp³-hybridized carbons (Fsp3) is 0.471. The lowest BCUT2D eigenvalue weighted by molar-refractivity contribution is 0.0736. The molecule has 3 aromatic heterocycles. The summed E-state index contributed by atoms with van der Waals surface area (Å²) in [5, 5.41) is 15.7. The third-order valence-corrected chi connectivity index (χ3v) is 5.73. The Morgan fingerprint density at radius 3 is 3.00 bits per heavy atom. The Bertz CT molecular complexity index is 783. The molecule has 1 fully saturated rings. The normalized spacial score (nSPS) is 21.2. The van der Waals surface area contributed by atoms with Crippen LogP contribution in [-0.2, 0) is 0 Å². The zero-order chi connectivity index (χ0) is 16.5. The molecule has 0 bridgehead atoms. The van der Waals surface area contributed by atoms with Crippen molar-refractivity contribution in [1.29, 1.82) is 0 Å². The molecule has 1 aliphatic carbocycles. The highest BCUT2D eigenvalue weighted by Gasteiger charge is 2.25. The van der Waals surface area contributed by atoms with Crippen LogP contribution < -0.4 is 4.90 Å². The third-order valence-electron chi connectivity index (χ3n) is 4.69. The molecule has 0 aliphatic heterocycles. The van der Waals surface area contributed by atoms with Crippen LogP contribution >= 0.6 is 11.3 Å². The quantitative estimate of drug-likeness (QED) is 0.789. The molecule has 7 heteroatoms. The highest BCUT2D eigenvalue weighted by Crippen LogP contribution is 2.29. The van der Waals surface area contributed by atoms with E-state index < -0.39 is 0 Å². The standard InChI is InChI=1S/C17H21N5OS/c1-21(10-13-5-2-3-7-15(13)23)17-20-22-11-14(19-16(22)24-17)12-6-4-8-18-9-12/h4,6,8-9,11,13,15,23H,2-3,5,7,10H2,1H3. The minimum Gasteiger partial charge on any atom is -0.393 e. The average molecular weight is 343 g/mol. The second kappa shape index (κ2) is 6.49. The largest absolute Gasteiger partial charge is 0.393 e. The zero-order valence-corrected chi connectivity index (χ0v) is 14.5. The van der Waals surface area contributed by atoms with E-state index >= 15 is 0 Å². The predicted molar refractivity (Wildman–Crippen MR) is 95.3 cm³/mol. The molecular formula is C17H21N5OS. The van der Waals surface area contributed by atoms with Crippen molar-refractivity contribution in [3.05, 3.63) is 30.7 Å². The number of aromatic nitrogens is 4. The van der Waals surface area contributed by atoms with Crippen LogP contribution in [-0.4, -0.2) is 44.4 Å². The Kier molecular flexibility index (Phi) is 4.20. The first-order valence-electron chi connectivity index (χ1n) is 8.36. The van der Waals surface area contributed by atoms with E-state index in [-0.39, 0.29) is 6.10 Å². The molecule has 2 unspecified atom stereocenters. The number of aliphatic hydroxyl groups excluding tert-OH is 1. The maximum atomic E-state index is 10.2. The second-order valence-corrected chi connectivity index (χ2v) is 7.41. The van der Waals surface area contributed by atoms with Gasteiger partial charge in [0, 0.05) is 37.5 Å². The Labute approximate surface area is 144 Å². The van der Waals surface area contributed by atoms with Gasteiger partial charge in [-0.3, -0.25) is 4.98 Å². The van der Waals surface area contributed by atoms with Crippen molar-refractivity contribution in [2.24, 2.45) is 5.92 Å². The molecule has 1 N–H and O–H groups in total. The highest BCUT2D eigenvalue weighted by molar-refractivity contribution is 7.20. The summed E-state index contributed by atoms with van der Waals surface area (Å²) in [5.41, 5.74) is 1.88. The van der Waals surface area contributed by atoms with Crippen LogP contribution in [0.3, 0.4) is 0 Å². The van der Waals surface area contributed by atoms with Crippen LogP contribution in [0.2, 0.25) is 0 Å². The average Bonchev–Trinajstić information content (AvgIpc) is 3.17. The fourth-order valence-electron chi connectivity index (χ4n) is 3.33. The van der Waals surface area contributed by atoms with Gasteiger partial charge in [0.15, 0.2) is 0 Å². The Hall–Kier alpha value is -1.99. The molecule has 0 aromatic carbocycles. The summed E-state index contributed by atoms with van der Waals surface area (Å²) in [6, 6.07) is 3.90. The van der Waals surface area contributed by atoms with E-state index in [9.17, 15) is 5.11 Å². The molecule has 0 spiro atoms. The van der Waals surface area contributed by atoms with Crippen molar-refractivity contribution < 1.29 is 5.11 Å². The van der Waals surface area contributed by atoms with Gasteiger partial charge in [0.2, 0.25) is 10.1 Å². The van der Waals surface area contributed by atoms with Gasteiger partial charge in [-0.1, -0.05) is 24.2 Å². The fourth-order valence-corrected chi connectivity index (χ4v) is 4.18. The van der Waals surface area contributed by atoms with E-state index in [2.05, 4.69) is 20.0 Å². The number of pyridine rings is 1. The van der Waals surface area contributed by atoms with Crippen molar-refractivity contribution in [2.75, 3.05) is 18.5 Å². The second-order valence-electron chi connectivity index (χ2n) is 6.47. The summed E-state index contributed by atoms with van der Waals surface area (Å²) in [6.07, 6.45) is 9.71. The van der Waals surface area contributed by atoms with Crippen LogP contribution in [0.1, 0.15) is 25.7 Å². The van der Waals surface area contributed by atoms with Gasteiger partial charge in [-0.2, -0.15) is 0 Å². The van der Waals surface area contributed by atoms with Crippen LogP contribution in [0.25, 0.3) is 16.2 Å². The van der Waals surface area contributed by atoms with E-state index in [1.165, 1.54) is 6.42 Å². The van der Waals surface area contributed by atoms with Crippen LogP contribution in [0.5, 0.6) is 0 Å². The molecule has 1 aliphatic rings. The maximum Gasteiger partial charge on any atom is 0.214 e. The first-order valence-corrected chi connectivity index (χ1v) is 9.18. The van der Waals surface area contributed by atoms with Gasteiger partial charge in [0.25, 0.3) is 0 Å². The van der Waals surface area contributed by atoms with E-state index in [0.29, 0.717) is 5.92 Å². The van der Waals surface area contributed by atoms with Crippen LogP contribution in [0.15, 0.2) is 30.7 Å². The minimum atomic E-state index is -0.178. The van der Waals surface area contributed by atoms with Crippen molar-refractivity contribution >= 4 is 21.4 Å². The molecule has 1 saturated carbocycles. The number of rotatable bonds is 4. The third kappa shape index (κ3) is 3.01. The number of aliphatic hydroxyl groups is 1. The molecule has 4 rings (SSSR count). The summed E-state index contributed by atoms with van der Waals surface area (Å²) >= 11 is 1.58. The van der Waals surface area contributed by atoms with E-state index in [0.717, 1.165) is 47.2 Å². The molecule has 126 valence electrons.